The molecule has 1 heterocycles. The lowest BCUT2D eigenvalue weighted by molar-refractivity contribution is -0.111. The van der Waals surface area contributed by atoms with E-state index in [0.29, 0.717) is 29.6 Å². The molecule has 9 heteroatoms. The Bertz CT molecular complexity index is 1060. The molecule has 8 nitrogen and oxygen atoms in total. The number of nitrogens with one attached hydrogen (secondary N) is 1. The first-order chi connectivity index (χ1) is 14.5. The molecule has 0 aliphatic rings. The monoisotopic (exact) mass is 411 g/mol. The van der Waals surface area contributed by atoms with Gasteiger partial charge in [-0.1, -0.05) is 13.0 Å². The fraction of sp³-hybridized carbons (Fsp3) is 0.238. The van der Waals surface area contributed by atoms with E-state index in [0.717, 1.165) is 12.0 Å². The van der Waals surface area contributed by atoms with Crippen LogP contribution in [0.4, 0.5) is 10.1 Å². The van der Waals surface area contributed by atoms with Gasteiger partial charge in [-0.2, -0.15) is 4.68 Å². The highest BCUT2D eigenvalue weighted by atomic mass is 19.1. The van der Waals surface area contributed by atoms with Crippen LogP contribution in [0.15, 0.2) is 42.5 Å². The van der Waals surface area contributed by atoms with Gasteiger partial charge in [0.15, 0.2) is 17.3 Å². The van der Waals surface area contributed by atoms with Gasteiger partial charge in [0.1, 0.15) is 11.5 Å². The third kappa shape index (κ3) is 4.99. The van der Waals surface area contributed by atoms with Gasteiger partial charge >= 0.3 is 0 Å². The molecule has 0 aliphatic carbocycles. The Kier molecular flexibility index (Phi) is 6.74. The molecule has 1 amide bonds. The Hall–Kier alpha value is -3.75. The van der Waals surface area contributed by atoms with E-state index in [1.54, 1.807) is 32.2 Å². The van der Waals surface area contributed by atoms with Crippen molar-refractivity contribution in [1.29, 1.82) is 0 Å². The molecule has 1 N–H and O–H groups in total. The van der Waals surface area contributed by atoms with Crippen LogP contribution >= 0.6 is 0 Å². The summed E-state index contributed by atoms with van der Waals surface area (Å²) in [5.74, 6) is 0.795. The van der Waals surface area contributed by atoms with E-state index in [9.17, 15) is 9.18 Å². The molecule has 30 heavy (non-hydrogen) atoms. The van der Waals surface area contributed by atoms with Crippen LogP contribution in [0.3, 0.4) is 0 Å². The van der Waals surface area contributed by atoms with E-state index in [4.69, 9.17) is 9.47 Å². The van der Waals surface area contributed by atoms with E-state index < -0.39 is 5.82 Å². The number of anilines is 1. The molecule has 0 bridgehead atoms. The normalized spacial score (nSPS) is 10.9. The van der Waals surface area contributed by atoms with Gasteiger partial charge in [-0.25, -0.2) is 4.39 Å². The predicted molar refractivity (Wildman–Crippen MR) is 110 cm³/mol. The molecule has 0 aliphatic heterocycles. The second kappa shape index (κ2) is 9.64. The second-order valence-electron chi connectivity index (χ2n) is 6.39. The maximum absolute atomic E-state index is 14.1. The summed E-state index contributed by atoms with van der Waals surface area (Å²) in [6.07, 6.45) is 3.92. The topological polar surface area (TPSA) is 91.2 Å². The summed E-state index contributed by atoms with van der Waals surface area (Å²) in [6, 6.07) is 9.59. The average Bonchev–Trinajstić information content (AvgIpc) is 3.18. The van der Waals surface area contributed by atoms with E-state index in [-0.39, 0.29) is 11.6 Å². The Morgan fingerprint density at radius 3 is 2.77 bits per heavy atom. The largest absolute Gasteiger partial charge is 0.493 e. The van der Waals surface area contributed by atoms with Gasteiger partial charge in [-0.05, 0) is 65.7 Å². The summed E-state index contributed by atoms with van der Waals surface area (Å²) in [6.45, 7) is 4.27. The average molecular weight is 411 g/mol. The lowest BCUT2D eigenvalue weighted by Crippen LogP contribution is -2.09. The fourth-order valence-corrected chi connectivity index (χ4v) is 2.68. The van der Waals surface area contributed by atoms with Crippen molar-refractivity contribution in [3.05, 3.63) is 59.7 Å². The summed E-state index contributed by atoms with van der Waals surface area (Å²) in [4.78, 5) is 12.3. The lowest BCUT2D eigenvalue weighted by atomic mass is 10.2. The van der Waals surface area contributed by atoms with Crippen molar-refractivity contribution in [2.75, 3.05) is 19.0 Å². The zero-order valence-electron chi connectivity index (χ0n) is 16.9. The maximum Gasteiger partial charge on any atom is 0.248 e. The second-order valence-corrected chi connectivity index (χ2v) is 6.39. The van der Waals surface area contributed by atoms with Gasteiger partial charge in [0, 0.05) is 11.8 Å². The Balaban J connectivity index is 1.71. The predicted octanol–water partition coefficient (Wildman–Crippen LogP) is 3.56. The minimum Gasteiger partial charge on any atom is -0.493 e. The molecule has 0 saturated heterocycles. The Morgan fingerprint density at radius 2 is 2.07 bits per heavy atom. The number of tetrazole rings is 1. The highest BCUT2D eigenvalue weighted by Crippen LogP contribution is 2.28. The molecule has 3 aromatic rings. The minimum atomic E-state index is -0.503. The molecule has 0 atom stereocenters. The highest BCUT2D eigenvalue weighted by Gasteiger charge is 2.11. The van der Waals surface area contributed by atoms with Crippen molar-refractivity contribution in [3.8, 4) is 17.2 Å². The van der Waals surface area contributed by atoms with Crippen LogP contribution in [-0.4, -0.2) is 39.8 Å². The minimum absolute atomic E-state index is 0.145. The number of carbonyl (C=O) groups is 1. The molecule has 2 aromatic carbocycles. The number of amides is 1. The van der Waals surface area contributed by atoms with Crippen molar-refractivity contribution in [1.82, 2.24) is 20.2 Å². The molecular weight excluding hydrogens is 389 g/mol. The first-order valence-electron chi connectivity index (χ1n) is 9.36. The van der Waals surface area contributed by atoms with Gasteiger partial charge in [0.2, 0.25) is 5.91 Å². The van der Waals surface area contributed by atoms with Crippen LogP contribution in [0.5, 0.6) is 11.5 Å². The van der Waals surface area contributed by atoms with E-state index >= 15 is 0 Å². The summed E-state index contributed by atoms with van der Waals surface area (Å²) >= 11 is 0. The Labute approximate surface area is 173 Å². The first-order valence-corrected chi connectivity index (χ1v) is 9.36. The number of hydrogen-bond acceptors (Lipinski definition) is 6. The van der Waals surface area contributed by atoms with Gasteiger partial charge in [0.25, 0.3) is 0 Å². The number of methoxy groups -OCH3 is 1. The number of nitrogens with zero attached hydrogens (tertiary/aromatic N) is 4. The molecular formula is C21H22FN5O3. The summed E-state index contributed by atoms with van der Waals surface area (Å²) in [5, 5.41) is 13.7. The summed E-state index contributed by atoms with van der Waals surface area (Å²) < 4.78 is 26.4. The van der Waals surface area contributed by atoms with Gasteiger partial charge < -0.3 is 14.8 Å². The number of ether oxygens (including phenoxy) is 2. The Morgan fingerprint density at radius 1 is 1.23 bits per heavy atom. The van der Waals surface area contributed by atoms with E-state index in [1.807, 2.05) is 13.0 Å². The number of aromatic nitrogens is 4. The third-order valence-electron chi connectivity index (χ3n) is 4.14. The molecule has 1 aromatic heterocycles. The number of halogens is 1. The lowest BCUT2D eigenvalue weighted by Gasteiger charge is -2.10. The molecule has 0 radical (unpaired) electrons. The van der Waals surface area contributed by atoms with Crippen molar-refractivity contribution >= 4 is 17.7 Å². The molecule has 0 spiro atoms. The number of carbonyl (C=O) groups excluding carboxylic acids is 1. The molecule has 3 rings (SSSR count). The number of hydrogen-bond donors (Lipinski definition) is 1. The van der Waals surface area contributed by atoms with Crippen LogP contribution in [0.2, 0.25) is 0 Å². The van der Waals surface area contributed by atoms with Crippen LogP contribution in [0, 0.1) is 12.7 Å². The number of aryl methyl sites for hydroxylation is 1. The van der Waals surface area contributed by atoms with Crippen LogP contribution in [0.1, 0.15) is 24.7 Å². The van der Waals surface area contributed by atoms with Crippen LogP contribution in [0.25, 0.3) is 11.8 Å². The molecule has 156 valence electrons. The fourth-order valence-electron chi connectivity index (χ4n) is 2.68. The third-order valence-corrected chi connectivity index (χ3v) is 4.14. The van der Waals surface area contributed by atoms with Crippen molar-refractivity contribution in [2.24, 2.45) is 0 Å². The summed E-state index contributed by atoms with van der Waals surface area (Å²) in [5.41, 5.74) is 1.33. The van der Waals surface area contributed by atoms with E-state index in [2.05, 4.69) is 20.8 Å². The highest BCUT2D eigenvalue weighted by molar-refractivity contribution is 6.02. The zero-order chi connectivity index (χ0) is 21.5. The molecule has 0 unspecified atom stereocenters. The van der Waals surface area contributed by atoms with E-state index in [1.165, 1.54) is 29.0 Å². The summed E-state index contributed by atoms with van der Waals surface area (Å²) in [7, 11) is 1.56. The molecule has 0 saturated carbocycles. The van der Waals surface area contributed by atoms with Crippen molar-refractivity contribution < 1.29 is 18.7 Å². The van der Waals surface area contributed by atoms with Gasteiger partial charge in [-0.3, -0.25) is 4.79 Å². The maximum atomic E-state index is 14.1. The standard InChI is InChI=1S/C21H22FN5O3/c1-4-11-30-19-9-5-15(12-20(19)29-3)6-10-21(28)23-16-7-8-17(22)18(13-16)27-14(2)24-25-26-27/h5-10,12-13H,4,11H2,1-3H3,(H,23,28)/b10-6+. The van der Waals surface area contributed by atoms with Crippen LogP contribution < -0.4 is 14.8 Å². The van der Waals surface area contributed by atoms with Crippen molar-refractivity contribution in [3.63, 3.8) is 0 Å². The van der Waals surface area contributed by atoms with Crippen molar-refractivity contribution in [2.45, 2.75) is 20.3 Å². The van der Waals surface area contributed by atoms with Gasteiger partial charge in [0.05, 0.1) is 13.7 Å². The number of rotatable bonds is 8. The SMILES string of the molecule is CCCOc1ccc(/C=C/C(=O)Nc2ccc(F)c(-n3nnnc3C)c2)cc1OC. The number of benzene rings is 2. The van der Waals surface area contributed by atoms with Gasteiger partial charge in [-0.15, -0.1) is 5.10 Å². The zero-order valence-corrected chi connectivity index (χ0v) is 16.9. The van der Waals surface area contributed by atoms with Crippen LogP contribution in [-0.2, 0) is 4.79 Å². The quantitative estimate of drug-likeness (QED) is 0.570. The first kappa shape index (κ1) is 21.0. The smallest absolute Gasteiger partial charge is 0.248 e. The molecule has 0 fully saturated rings.